The van der Waals surface area contributed by atoms with E-state index in [1.54, 1.807) is 6.92 Å². The highest BCUT2D eigenvalue weighted by molar-refractivity contribution is 5.46. The van der Waals surface area contributed by atoms with Gasteiger partial charge in [-0.05, 0) is 37.3 Å². The lowest BCUT2D eigenvalue weighted by atomic mass is 10.1. The SMILES string of the molecule is Cc1nc(F)c(C#N)c2c1CCC2. The Labute approximate surface area is 76.0 Å². The standard InChI is InChI=1S/C10H9FN2/c1-6-7-3-2-4-8(7)9(5-12)10(11)13-6/h2-4H2,1H3. The molecule has 3 heteroatoms. The molecule has 1 aromatic heterocycles. The fourth-order valence-electron chi connectivity index (χ4n) is 1.93. The van der Waals surface area contributed by atoms with Gasteiger partial charge in [-0.2, -0.15) is 9.65 Å². The van der Waals surface area contributed by atoms with E-state index in [1.165, 1.54) is 0 Å². The van der Waals surface area contributed by atoms with Crippen LogP contribution in [-0.2, 0) is 12.8 Å². The van der Waals surface area contributed by atoms with Gasteiger partial charge in [0.2, 0.25) is 5.95 Å². The molecule has 0 spiro atoms. The zero-order valence-electron chi connectivity index (χ0n) is 7.39. The number of halogens is 1. The second kappa shape index (κ2) is 2.81. The summed E-state index contributed by atoms with van der Waals surface area (Å²) in [7, 11) is 0. The van der Waals surface area contributed by atoms with Crippen molar-refractivity contribution >= 4 is 0 Å². The quantitative estimate of drug-likeness (QED) is 0.566. The number of hydrogen-bond acceptors (Lipinski definition) is 2. The van der Waals surface area contributed by atoms with Gasteiger partial charge >= 0.3 is 0 Å². The summed E-state index contributed by atoms with van der Waals surface area (Å²) in [5.41, 5.74) is 2.85. The largest absolute Gasteiger partial charge is 0.231 e. The van der Waals surface area contributed by atoms with E-state index in [0.29, 0.717) is 0 Å². The first-order valence-corrected chi connectivity index (χ1v) is 4.32. The highest BCUT2D eigenvalue weighted by atomic mass is 19.1. The average molecular weight is 176 g/mol. The molecule has 0 N–H and O–H groups in total. The summed E-state index contributed by atoms with van der Waals surface area (Å²) < 4.78 is 13.2. The van der Waals surface area contributed by atoms with Gasteiger partial charge in [0.05, 0.1) is 0 Å². The molecule has 2 nitrogen and oxygen atoms in total. The minimum absolute atomic E-state index is 0.151. The highest BCUT2D eigenvalue weighted by Crippen LogP contribution is 2.27. The van der Waals surface area contributed by atoms with Crippen LogP contribution in [-0.4, -0.2) is 4.98 Å². The van der Waals surface area contributed by atoms with E-state index in [2.05, 4.69) is 4.98 Å². The summed E-state index contributed by atoms with van der Waals surface area (Å²) >= 11 is 0. The molecule has 0 unspecified atom stereocenters. The Hall–Kier alpha value is -1.43. The number of aryl methyl sites for hydroxylation is 1. The van der Waals surface area contributed by atoms with E-state index >= 15 is 0 Å². The van der Waals surface area contributed by atoms with E-state index in [-0.39, 0.29) is 5.56 Å². The molecule has 13 heavy (non-hydrogen) atoms. The van der Waals surface area contributed by atoms with Gasteiger partial charge in [-0.1, -0.05) is 0 Å². The topological polar surface area (TPSA) is 36.7 Å². The van der Waals surface area contributed by atoms with Gasteiger partial charge in [-0.3, -0.25) is 0 Å². The van der Waals surface area contributed by atoms with Crippen LogP contribution in [0.1, 0.15) is 28.8 Å². The molecule has 0 amide bonds. The van der Waals surface area contributed by atoms with Gasteiger partial charge in [0.15, 0.2) is 0 Å². The van der Waals surface area contributed by atoms with Crippen molar-refractivity contribution in [3.8, 4) is 6.07 Å². The smallest absolute Gasteiger partial charge is 0.224 e. The Morgan fingerprint density at radius 1 is 1.38 bits per heavy atom. The first-order valence-electron chi connectivity index (χ1n) is 4.32. The van der Waals surface area contributed by atoms with Gasteiger partial charge in [-0.15, -0.1) is 0 Å². The van der Waals surface area contributed by atoms with Crippen LogP contribution in [0, 0.1) is 24.2 Å². The molecule has 0 aliphatic heterocycles. The number of aromatic nitrogens is 1. The van der Waals surface area contributed by atoms with Crippen LogP contribution in [0.2, 0.25) is 0 Å². The van der Waals surface area contributed by atoms with Crippen LogP contribution < -0.4 is 0 Å². The first-order chi connectivity index (χ1) is 6.24. The van der Waals surface area contributed by atoms with E-state index < -0.39 is 5.95 Å². The van der Waals surface area contributed by atoms with Crippen molar-refractivity contribution < 1.29 is 4.39 Å². The molecule has 0 aromatic carbocycles. The van der Waals surface area contributed by atoms with Crippen molar-refractivity contribution in [2.75, 3.05) is 0 Å². The normalized spacial score (nSPS) is 13.9. The number of nitrogens with zero attached hydrogens (tertiary/aromatic N) is 2. The third kappa shape index (κ3) is 1.10. The monoisotopic (exact) mass is 176 g/mol. The molecular weight excluding hydrogens is 167 g/mol. The maximum Gasteiger partial charge on any atom is 0.231 e. The summed E-state index contributed by atoms with van der Waals surface area (Å²) in [6.07, 6.45) is 2.76. The molecule has 0 radical (unpaired) electrons. The van der Waals surface area contributed by atoms with Gasteiger partial charge in [0.1, 0.15) is 11.6 Å². The van der Waals surface area contributed by atoms with Crippen molar-refractivity contribution in [3.05, 3.63) is 28.3 Å². The zero-order valence-corrected chi connectivity index (χ0v) is 7.39. The molecule has 0 fully saturated rings. The molecule has 1 aliphatic carbocycles. The molecule has 0 bridgehead atoms. The number of fused-ring (bicyclic) bond motifs is 1. The Kier molecular flexibility index (Phi) is 1.77. The Bertz CT molecular complexity index is 404. The maximum atomic E-state index is 13.2. The minimum Gasteiger partial charge on any atom is -0.224 e. The van der Waals surface area contributed by atoms with Crippen molar-refractivity contribution in [1.82, 2.24) is 4.98 Å². The molecule has 1 aromatic rings. The predicted octanol–water partition coefficient (Wildman–Crippen LogP) is 1.89. The van der Waals surface area contributed by atoms with E-state index in [1.807, 2.05) is 6.07 Å². The maximum absolute atomic E-state index is 13.2. The molecule has 2 rings (SSSR count). The average Bonchev–Trinajstić information content (AvgIpc) is 2.53. The second-order valence-corrected chi connectivity index (χ2v) is 3.29. The molecule has 0 atom stereocenters. The van der Waals surface area contributed by atoms with Gasteiger partial charge in [0.25, 0.3) is 0 Å². The fraction of sp³-hybridized carbons (Fsp3) is 0.400. The van der Waals surface area contributed by atoms with Crippen molar-refractivity contribution in [1.29, 1.82) is 5.26 Å². The van der Waals surface area contributed by atoms with Gasteiger partial charge in [-0.25, -0.2) is 4.98 Å². The summed E-state index contributed by atoms with van der Waals surface area (Å²) in [4.78, 5) is 3.73. The van der Waals surface area contributed by atoms with Crippen LogP contribution in [0.15, 0.2) is 0 Å². The summed E-state index contributed by atoms with van der Waals surface area (Å²) in [5.74, 6) is -0.611. The number of nitriles is 1. The van der Waals surface area contributed by atoms with Crippen molar-refractivity contribution in [2.24, 2.45) is 0 Å². The number of pyridine rings is 1. The van der Waals surface area contributed by atoms with Crippen molar-refractivity contribution in [2.45, 2.75) is 26.2 Å². The third-order valence-corrected chi connectivity index (χ3v) is 2.54. The Balaban J connectivity index is 2.74. The number of rotatable bonds is 0. The lowest BCUT2D eigenvalue weighted by Crippen LogP contribution is -2.01. The molecular formula is C10H9FN2. The first kappa shape index (κ1) is 8.18. The summed E-state index contributed by atoms with van der Waals surface area (Å²) in [5, 5.41) is 8.74. The van der Waals surface area contributed by atoms with Crippen LogP contribution in [0.3, 0.4) is 0 Å². The van der Waals surface area contributed by atoms with Crippen LogP contribution in [0.5, 0.6) is 0 Å². The summed E-state index contributed by atoms with van der Waals surface area (Å²) in [6.45, 7) is 1.80. The lowest BCUT2D eigenvalue weighted by Gasteiger charge is -2.05. The lowest BCUT2D eigenvalue weighted by molar-refractivity contribution is 0.573. The minimum atomic E-state index is -0.611. The van der Waals surface area contributed by atoms with Crippen LogP contribution in [0.4, 0.5) is 4.39 Å². The van der Waals surface area contributed by atoms with Gasteiger partial charge < -0.3 is 0 Å². The van der Waals surface area contributed by atoms with E-state index in [0.717, 1.165) is 36.1 Å². The Morgan fingerprint density at radius 3 is 2.77 bits per heavy atom. The number of hydrogen-bond donors (Lipinski definition) is 0. The van der Waals surface area contributed by atoms with E-state index in [9.17, 15) is 4.39 Å². The second-order valence-electron chi connectivity index (χ2n) is 3.29. The fourth-order valence-corrected chi connectivity index (χ4v) is 1.93. The Morgan fingerprint density at radius 2 is 2.08 bits per heavy atom. The highest BCUT2D eigenvalue weighted by Gasteiger charge is 2.21. The molecule has 1 aliphatic rings. The van der Waals surface area contributed by atoms with Crippen LogP contribution >= 0.6 is 0 Å². The van der Waals surface area contributed by atoms with Crippen molar-refractivity contribution in [3.63, 3.8) is 0 Å². The predicted molar refractivity (Wildman–Crippen MR) is 45.7 cm³/mol. The molecule has 66 valence electrons. The third-order valence-electron chi connectivity index (χ3n) is 2.54. The molecule has 0 saturated heterocycles. The van der Waals surface area contributed by atoms with Gasteiger partial charge in [0, 0.05) is 5.69 Å². The summed E-state index contributed by atoms with van der Waals surface area (Å²) in [6, 6.07) is 1.89. The molecule has 0 saturated carbocycles. The zero-order chi connectivity index (χ0) is 9.42. The molecule has 1 heterocycles. The van der Waals surface area contributed by atoms with Crippen LogP contribution in [0.25, 0.3) is 0 Å². The van der Waals surface area contributed by atoms with E-state index in [4.69, 9.17) is 5.26 Å².